The summed E-state index contributed by atoms with van der Waals surface area (Å²) in [4.78, 5) is 0. The molecule has 2 aliphatic rings. The highest BCUT2D eigenvalue weighted by molar-refractivity contribution is 6.19. The molecule has 1 aliphatic heterocycles. The quantitative estimate of drug-likeness (QED) is 0.542. The van der Waals surface area contributed by atoms with Crippen LogP contribution in [0, 0.1) is 5.41 Å². The Morgan fingerprint density at radius 1 is 1.37 bits per heavy atom. The molecule has 11 heteroatoms. The summed E-state index contributed by atoms with van der Waals surface area (Å²) in [6, 6.07) is 3.94. The number of benzene rings is 1. The van der Waals surface area contributed by atoms with Crippen molar-refractivity contribution in [2.75, 3.05) is 7.11 Å². The first kappa shape index (κ1) is 21.6. The normalized spacial score (nSPS) is 24.9. The van der Waals surface area contributed by atoms with E-state index in [0.29, 0.717) is 12.8 Å². The van der Waals surface area contributed by atoms with E-state index in [1.54, 1.807) is 6.92 Å². The molecule has 0 saturated heterocycles. The molecule has 1 aromatic rings. The number of allylic oxidation sites excluding steroid dienone is 2. The van der Waals surface area contributed by atoms with Crippen molar-refractivity contribution < 1.29 is 27.8 Å². The van der Waals surface area contributed by atoms with Crippen LogP contribution in [-0.4, -0.2) is 47.6 Å². The van der Waals surface area contributed by atoms with Gasteiger partial charge in [0.2, 0.25) is 5.96 Å². The molecule has 4 N–H and O–H groups in total. The van der Waals surface area contributed by atoms with Crippen molar-refractivity contribution in [3.63, 3.8) is 0 Å². The van der Waals surface area contributed by atoms with E-state index in [1.165, 1.54) is 32.2 Å². The molecule has 1 heterocycles. The van der Waals surface area contributed by atoms with Gasteiger partial charge in [0.15, 0.2) is 0 Å². The lowest BCUT2D eigenvalue weighted by molar-refractivity contribution is -0.274. The van der Waals surface area contributed by atoms with Gasteiger partial charge in [-0.05, 0) is 44.9 Å². The first-order valence-electron chi connectivity index (χ1n) is 9.09. The van der Waals surface area contributed by atoms with E-state index in [1.807, 2.05) is 0 Å². The zero-order valence-corrected chi connectivity index (χ0v) is 16.6. The maximum absolute atomic E-state index is 12.9. The van der Waals surface area contributed by atoms with E-state index in [9.17, 15) is 18.3 Å². The molecular weight excluding hydrogens is 403 g/mol. The molecule has 0 amide bonds. The van der Waals surface area contributed by atoms with Gasteiger partial charge in [0.25, 0.3) is 0 Å². The average Bonchev–Trinajstić information content (AvgIpc) is 2.59. The van der Waals surface area contributed by atoms with E-state index >= 15 is 0 Å². The standard InChI is InChI=1S/C19H22F3N5O3/c1-10(23)6-14-16(26-27-17(25-14)24-11-8-18(2,28)9-11)13-5-4-12(29-3)7-15(13)30-19(20,21)22/h4-7,11,23,28H,8-9H2,1-3H3,(H2,24,25,27)/b14-6-,23-10?. The van der Waals surface area contributed by atoms with Crippen molar-refractivity contribution in [2.24, 2.45) is 10.2 Å². The van der Waals surface area contributed by atoms with Crippen molar-refractivity contribution in [3.05, 3.63) is 35.5 Å². The van der Waals surface area contributed by atoms with E-state index in [0.717, 1.165) is 6.07 Å². The highest BCUT2D eigenvalue weighted by atomic mass is 19.4. The van der Waals surface area contributed by atoms with Gasteiger partial charge in [-0.2, -0.15) is 0 Å². The molecule has 3 rings (SSSR count). The number of aliphatic hydroxyl groups is 1. The second kappa shape index (κ2) is 7.98. The lowest BCUT2D eigenvalue weighted by Crippen LogP contribution is -2.56. The minimum absolute atomic E-state index is 0.0181. The Labute approximate surface area is 171 Å². The monoisotopic (exact) mass is 425 g/mol. The molecule has 1 aliphatic carbocycles. The molecule has 0 bridgehead atoms. The van der Waals surface area contributed by atoms with Crippen LogP contribution in [0.1, 0.15) is 32.3 Å². The Hall–Kier alpha value is -3.08. The molecule has 1 saturated carbocycles. The second-order valence-electron chi connectivity index (χ2n) is 7.42. The number of guanidine groups is 1. The minimum atomic E-state index is -4.91. The third-order valence-corrected chi connectivity index (χ3v) is 4.50. The molecule has 0 radical (unpaired) electrons. The number of halogens is 3. The smallest absolute Gasteiger partial charge is 0.497 e. The van der Waals surface area contributed by atoms with Crippen LogP contribution in [0.5, 0.6) is 11.5 Å². The Bertz CT molecular complexity index is 930. The number of nitrogens with zero attached hydrogens (tertiary/aromatic N) is 2. The summed E-state index contributed by atoms with van der Waals surface area (Å²) in [5.41, 5.74) is -0.191. The molecule has 30 heavy (non-hydrogen) atoms. The number of rotatable bonds is 5. The fourth-order valence-corrected chi connectivity index (χ4v) is 3.28. The molecule has 0 unspecified atom stereocenters. The van der Waals surface area contributed by atoms with E-state index in [-0.39, 0.29) is 40.4 Å². The van der Waals surface area contributed by atoms with Crippen LogP contribution >= 0.6 is 0 Å². The van der Waals surface area contributed by atoms with Gasteiger partial charge >= 0.3 is 6.36 Å². The van der Waals surface area contributed by atoms with Gasteiger partial charge in [-0.3, -0.25) is 0 Å². The summed E-state index contributed by atoms with van der Waals surface area (Å²) in [5, 5.41) is 31.7. The van der Waals surface area contributed by atoms with Gasteiger partial charge < -0.3 is 30.6 Å². The molecule has 1 aromatic carbocycles. The minimum Gasteiger partial charge on any atom is -0.497 e. The van der Waals surface area contributed by atoms with Crippen LogP contribution in [0.3, 0.4) is 0 Å². The lowest BCUT2D eigenvalue weighted by Gasteiger charge is -2.41. The third kappa shape index (κ3) is 5.29. The van der Waals surface area contributed by atoms with Gasteiger partial charge in [0, 0.05) is 23.4 Å². The Morgan fingerprint density at radius 2 is 2.07 bits per heavy atom. The van der Waals surface area contributed by atoms with Gasteiger partial charge in [-0.1, -0.05) is 0 Å². The average molecular weight is 425 g/mol. The zero-order chi connectivity index (χ0) is 22.1. The number of methoxy groups -OCH3 is 1. The summed E-state index contributed by atoms with van der Waals surface area (Å²) in [6.45, 7) is 3.25. The molecule has 1 fully saturated rings. The first-order chi connectivity index (χ1) is 14.0. The number of alkyl halides is 3. The lowest BCUT2D eigenvalue weighted by atomic mass is 9.77. The Balaban J connectivity index is 1.96. The van der Waals surface area contributed by atoms with E-state index in [2.05, 4.69) is 25.6 Å². The molecule has 162 valence electrons. The largest absolute Gasteiger partial charge is 0.573 e. The predicted molar refractivity (Wildman–Crippen MR) is 105 cm³/mol. The highest BCUT2D eigenvalue weighted by Gasteiger charge is 2.39. The maximum Gasteiger partial charge on any atom is 0.573 e. The van der Waals surface area contributed by atoms with Crippen molar-refractivity contribution in [1.82, 2.24) is 10.6 Å². The van der Waals surface area contributed by atoms with Crippen molar-refractivity contribution in [3.8, 4) is 11.5 Å². The third-order valence-electron chi connectivity index (χ3n) is 4.50. The second-order valence-corrected chi connectivity index (χ2v) is 7.42. The predicted octanol–water partition coefficient (Wildman–Crippen LogP) is 2.68. The fourth-order valence-electron chi connectivity index (χ4n) is 3.28. The van der Waals surface area contributed by atoms with Gasteiger partial charge in [-0.15, -0.1) is 23.4 Å². The zero-order valence-electron chi connectivity index (χ0n) is 16.6. The van der Waals surface area contributed by atoms with Crippen molar-refractivity contribution in [2.45, 2.75) is 44.7 Å². The van der Waals surface area contributed by atoms with Gasteiger partial charge in [0.05, 0.1) is 18.4 Å². The van der Waals surface area contributed by atoms with Crippen LogP contribution in [0.2, 0.25) is 0 Å². The molecule has 8 nitrogen and oxygen atoms in total. The van der Waals surface area contributed by atoms with Crippen LogP contribution in [-0.2, 0) is 0 Å². The number of nitrogens with one attached hydrogen (secondary N) is 3. The molecule has 0 atom stereocenters. The SMILES string of the molecule is COc1ccc(C2=NN=C(NC3CC(C)(O)C3)N/C2=C\C(C)=N)c(OC(F)(F)F)c1. The van der Waals surface area contributed by atoms with Crippen molar-refractivity contribution in [1.29, 1.82) is 5.41 Å². The molecule has 0 spiro atoms. The van der Waals surface area contributed by atoms with Crippen LogP contribution in [0.15, 0.2) is 40.2 Å². The van der Waals surface area contributed by atoms with Gasteiger partial charge in [0.1, 0.15) is 17.2 Å². The van der Waals surface area contributed by atoms with Crippen LogP contribution < -0.4 is 20.1 Å². The van der Waals surface area contributed by atoms with Crippen LogP contribution in [0.25, 0.3) is 0 Å². The summed E-state index contributed by atoms with van der Waals surface area (Å²) < 4.78 is 47.9. The summed E-state index contributed by atoms with van der Waals surface area (Å²) in [5.74, 6) is -0.0461. The van der Waals surface area contributed by atoms with E-state index in [4.69, 9.17) is 10.1 Å². The Morgan fingerprint density at radius 3 is 2.63 bits per heavy atom. The summed E-state index contributed by atoms with van der Waals surface area (Å²) in [7, 11) is 1.33. The Kier molecular flexibility index (Phi) is 5.75. The topological polar surface area (TPSA) is 111 Å². The van der Waals surface area contributed by atoms with Crippen LogP contribution in [0.4, 0.5) is 13.2 Å². The highest BCUT2D eigenvalue weighted by Crippen LogP contribution is 2.33. The summed E-state index contributed by atoms with van der Waals surface area (Å²) >= 11 is 0. The number of ether oxygens (including phenoxy) is 2. The number of hydrogen-bond donors (Lipinski definition) is 4. The van der Waals surface area contributed by atoms with Crippen molar-refractivity contribution >= 4 is 17.4 Å². The van der Waals surface area contributed by atoms with Gasteiger partial charge in [-0.25, -0.2) is 0 Å². The molecular formula is C19H22F3N5O3. The maximum atomic E-state index is 12.9. The fraction of sp³-hybridized carbons (Fsp3) is 0.421. The molecule has 0 aromatic heterocycles. The van der Waals surface area contributed by atoms with E-state index < -0.39 is 17.7 Å². The summed E-state index contributed by atoms with van der Waals surface area (Å²) in [6.07, 6.45) is -2.44. The number of hydrogen-bond acceptors (Lipinski definition) is 8. The first-order valence-corrected chi connectivity index (χ1v) is 9.09.